The van der Waals surface area contributed by atoms with Crippen LogP contribution in [-0.4, -0.2) is 35.1 Å². The van der Waals surface area contributed by atoms with Gasteiger partial charge in [0.1, 0.15) is 12.1 Å². The molecule has 5 heteroatoms. The lowest BCUT2D eigenvalue weighted by atomic mass is 10.5. The fraction of sp³-hybridized carbons (Fsp3) is 0.400. The molecular weight excluding hydrogens is 210 g/mol. The molecule has 82 valence electrons. The normalized spacial score (nSPS) is 9.67. The van der Waals surface area contributed by atoms with Gasteiger partial charge in [-0.25, -0.2) is 9.97 Å². The van der Waals surface area contributed by atoms with E-state index in [1.54, 1.807) is 13.2 Å². The number of methoxy groups -OCH3 is 1. The molecule has 1 heterocycles. The van der Waals surface area contributed by atoms with Gasteiger partial charge in [0.15, 0.2) is 0 Å². The highest BCUT2D eigenvalue weighted by Gasteiger charge is 1.96. The second-order valence-electron chi connectivity index (χ2n) is 2.74. The summed E-state index contributed by atoms with van der Waals surface area (Å²) in [4.78, 5) is 8.00. The molecule has 4 nitrogen and oxygen atoms in total. The molecule has 0 aliphatic carbocycles. The SMILES string of the molecule is C=CCSCCNc1cc(OC)ncn1. The molecule has 0 saturated heterocycles. The predicted octanol–water partition coefficient (Wildman–Crippen LogP) is 1.82. The van der Waals surface area contributed by atoms with Crippen molar-refractivity contribution in [2.75, 3.05) is 30.5 Å². The van der Waals surface area contributed by atoms with Gasteiger partial charge in [-0.3, -0.25) is 0 Å². The standard InChI is InChI=1S/C10H15N3OS/c1-3-5-15-6-4-11-9-7-10(14-2)13-8-12-9/h3,7-8H,1,4-6H2,2H3,(H,11,12,13). The summed E-state index contributed by atoms with van der Waals surface area (Å²) in [6.07, 6.45) is 3.39. The van der Waals surface area contributed by atoms with Crippen LogP contribution >= 0.6 is 11.8 Å². The molecule has 1 aromatic heterocycles. The highest BCUT2D eigenvalue weighted by atomic mass is 32.2. The summed E-state index contributed by atoms with van der Waals surface area (Å²) in [5.74, 6) is 3.37. The van der Waals surface area contributed by atoms with E-state index in [9.17, 15) is 0 Å². The maximum atomic E-state index is 4.99. The Morgan fingerprint density at radius 1 is 1.60 bits per heavy atom. The van der Waals surface area contributed by atoms with Crippen LogP contribution in [0.25, 0.3) is 0 Å². The van der Waals surface area contributed by atoms with Crippen LogP contribution in [0.5, 0.6) is 5.88 Å². The van der Waals surface area contributed by atoms with E-state index in [0.717, 1.165) is 23.9 Å². The van der Waals surface area contributed by atoms with E-state index in [2.05, 4.69) is 21.9 Å². The van der Waals surface area contributed by atoms with Gasteiger partial charge in [0.2, 0.25) is 5.88 Å². The summed E-state index contributed by atoms with van der Waals surface area (Å²) >= 11 is 1.83. The van der Waals surface area contributed by atoms with Crippen LogP contribution in [-0.2, 0) is 0 Å². The summed E-state index contributed by atoms with van der Waals surface area (Å²) < 4.78 is 4.99. The number of rotatable bonds is 7. The molecule has 0 bridgehead atoms. The average Bonchev–Trinajstić information content (AvgIpc) is 2.29. The summed E-state index contributed by atoms with van der Waals surface area (Å²) in [6.45, 7) is 4.53. The van der Waals surface area contributed by atoms with Crippen molar-refractivity contribution in [1.82, 2.24) is 9.97 Å². The van der Waals surface area contributed by atoms with Crippen LogP contribution in [0.1, 0.15) is 0 Å². The maximum Gasteiger partial charge on any atom is 0.218 e. The van der Waals surface area contributed by atoms with Crippen LogP contribution in [0.3, 0.4) is 0 Å². The highest BCUT2D eigenvalue weighted by molar-refractivity contribution is 7.99. The van der Waals surface area contributed by atoms with Crippen molar-refractivity contribution in [1.29, 1.82) is 0 Å². The van der Waals surface area contributed by atoms with Crippen molar-refractivity contribution in [2.45, 2.75) is 0 Å². The molecule has 0 aliphatic rings. The zero-order valence-corrected chi connectivity index (χ0v) is 9.59. The van der Waals surface area contributed by atoms with Crippen LogP contribution in [0.4, 0.5) is 5.82 Å². The Kier molecular flexibility index (Phi) is 5.62. The molecule has 0 fully saturated rings. The highest BCUT2D eigenvalue weighted by Crippen LogP contribution is 2.10. The molecule has 1 N–H and O–H groups in total. The van der Waals surface area contributed by atoms with Gasteiger partial charge in [0.25, 0.3) is 0 Å². The largest absolute Gasteiger partial charge is 0.481 e. The molecule has 0 unspecified atom stereocenters. The monoisotopic (exact) mass is 225 g/mol. The van der Waals surface area contributed by atoms with E-state index in [0.29, 0.717) is 5.88 Å². The molecule has 0 radical (unpaired) electrons. The van der Waals surface area contributed by atoms with E-state index in [4.69, 9.17) is 4.74 Å². The van der Waals surface area contributed by atoms with Crippen molar-refractivity contribution in [2.24, 2.45) is 0 Å². The van der Waals surface area contributed by atoms with Gasteiger partial charge in [-0.15, -0.1) is 6.58 Å². The smallest absolute Gasteiger partial charge is 0.218 e. The van der Waals surface area contributed by atoms with E-state index in [1.165, 1.54) is 6.33 Å². The van der Waals surface area contributed by atoms with Crippen LogP contribution < -0.4 is 10.1 Å². The van der Waals surface area contributed by atoms with Gasteiger partial charge < -0.3 is 10.1 Å². The van der Waals surface area contributed by atoms with Gasteiger partial charge >= 0.3 is 0 Å². The quantitative estimate of drug-likeness (QED) is 0.566. The van der Waals surface area contributed by atoms with Gasteiger partial charge in [0.05, 0.1) is 7.11 Å². The topological polar surface area (TPSA) is 47.0 Å². The Hall–Kier alpha value is -1.23. The number of thioether (sulfide) groups is 1. The molecule has 1 rings (SSSR count). The number of nitrogens with one attached hydrogen (secondary N) is 1. The average molecular weight is 225 g/mol. The zero-order chi connectivity index (χ0) is 10.9. The predicted molar refractivity (Wildman–Crippen MR) is 64.6 cm³/mol. The second kappa shape index (κ2) is 7.11. The summed E-state index contributed by atoms with van der Waals surface area (Å²) in [5.41, 5.74) is 0. The zero-order valence-electron chi connectivity index (χ0n) is 8.77. The third kappa shape index (κ3) is 4.69. The molecule has 15 heavy (non-hydrogen) atoms. The lowest BCUT2D eigenvalue weighted by Gasteiger charge is -2.05. The first-order valence-electron chi connectivity index (χ1n) is 4.65. The van der Waals surface area contributed by atoms with Crippen LogP contribution in [0.2, 0.25) is 0 Å². The first-order chi connectivity index (χ1) is 7.36. The molecule has 0 saturated carbocycles. The number of ether oxygens (including phenoxy) is 1. The van der Waals surface area contributed by atoms with Gasteiger partial charge in [-0.2, -0.15) is 11.8 Å². The molecule has 0 amide bonds. The minimum atomic E-state index is 0.575. The Balaban J connectivity index is 2.27. The first kappa shape index (κ1) is 11.8. The maximum absolute atomic E-state index is 4.99. The minimum Gasteiger partial charge on any atom is -0.481 e. The number of nitrogens with zero attached hydrogens (tertiary/aromatic N) is 2. The molecule has 1 aromatic rings. The van der Waals surface area contributed by atoms with Gasteiger partial charge in [-0.05, 0) is 0 Å². The summed E-state index contributed by atoms with van der Waals surface area (Å²) in [5, 5.41) is 3.19. The number of hydrogen-bond donors (Lipinski definition) is 1. The molecular formula is C10H15N3OS. The van der Waals surface area contributed by atoms with Crippen molar-refractivity contribution in [3.8, 4) is 5.88 Å². The van der Waals surface area contributed by atoms with E-state index < -0.39 is 0 Å². The third-order valence-electron chi connectivity index (χ3n) is 1.64. The fourth-order valence-corrected chi connectivity index (χ4v) is 1.55. The van der Waals surface area contributed by atoms with E-state index in [1.807, 2.05) is 17.8 Å². The van der Waals surface area contributed by atoms with E-state index in [-0.39, 0.29) is 0 Å². The Bertz CT molecular complexity index is 306. The van der Waals surface area contributed by atoms with Crippen molar-refractivity contribution in [3.63, 3.8) is 0 Å². The second-order valence-corrected chi connectivity index (χ2v) is 3.89. The Morgan fingerprint density at radius 3 is 3.20 bits per heavy atom. The van der Waals surface area contributed by atoms with E-state index >= 15 is 0 Å². The van der Waals surface area contributed by atoms with Gasteiger partial charge in [-0.1, -0.05) is 6.08 Å². The third-order valence-corrected chi connectivity index (χ3v) is 2.60. The van der Waals surface area contributed by atoms with Crippen molar-refractivity contribution in [3.05, 3.63) is 25.0 Å². The van der Waals surface area contributed by atoms with Crippen molar-refractivity contribution >= 4 is 17.6 Å². The molecule has 0 aliphatic heterocycles. The number of aromatic nitrogens is 2. The minimum absolute atomic E-state index is 0.575. The van der Waals surface area contributed by atoms with Gasteiger partial charge in [0, 0.05) is 24.1 Å². The van der Waals surface area contributed by atoms with Crippen LogP contribution in [0.15, 0.2) is 25.0 Å². The summed E-state index contributed by atoms with van der Waals surface area (Å²) in [7, 11) is 1.59. The lowest BCUT2D eigenvalue weighted by molar-refractivity contribution is 0.397. The fourth-order valence-electron chi connectivity index (χ4n) is 0.966. The molecule has 0 spiro atoms. The van der Waals surface area contributed by atoms with Crippen LogP contribution in [0, 0.1) is 0 Å². The Labute approximate surface area is 94.2 Å². The number of anilines is 1. The first-order valence-corrected chi connectivity index (χ1v) is 5.81. The number of hydrogen-bond acceptors (Lipinski definition) is 5. The molecule has 0 atom stereocenters. The Morgan fingerprint density at radius 2 is 2.47 bits per heavy atom. The summed E-state index contributed by atoms with van der Waals surface area (Å²) in [6, 6.07) is 1.78. The lowest BCUT2D eigenvalue weighted by Crippen LogP contribution is -2.06. The van der Waals surface area contributed by atoms with Crippen molar-refractivity contribution < 1.29 is 4.74 Å². The molecule has 0 aromatic carbocycles.